The number of fused-ring (bicyclic) bond motifs is 5. The molecule has 3 saturated carbocycles. The number of amides is 1. The van der Waals surface area contributed by atoms with Gasteiger partial charge < -0.3 is 15.0 Å². The third-order valence-corrected chi connectivity index (χ3v) is 6.59. The Bertz CT molecular complexity index is 408. The molecule has 0 unspecified atom stereocenters. The Hall–Kier alpha value is -0.610. The van der Waals surface area contributed by atoms with E-state index in [1.54, 1.807) is 0 Å². The summed E-state index contributed by atoms with van der Waals surface area (Å²) in [5, 5.41) is 3.69. The van der Waals surface area contributed by atoms with Crippen LogP contribution in [0.3, 0.4) is 0 Å². The van der Waals surface area contributed by atoms with Crippen molar-refractivity contribution < 1.29 is 9.53 Å². The maximum absolute atomic E-state index is 12.5. The lowest BCUT2D eigenvalue weighted by atomic mass is 9.79. The number of ether oxygens (including phenoxy) is 1. The highest BCUT2D eigenvalue weighted by Crippen LogP contribution is 2.58. The fraction of sp³-hybridized carbons (Fsp3) is 0.941. The van der Waals surface area contributed by atoms with Gasteiger partial charge >= 0.3 is 0 Å². The van der Waals surface area contributed by atoms with Crippen LogP contribution in [0.1, 0.15) is 39.0 Å². The second-order valence-corrected chi connectivity index (χ2v) is 7.59. The van der Waals surface area contributed by atoms with Gasteiger partial charge in [-0.25, -0.2) is 0 Å². The van der Waals surface area contributed by atoms with Gasteiger partial charge in [-0.15, -0.1) is 0 Å². The van der Waals surface area contributed by atoms with Crippen LogP contribution in [0.5, 0.6) is 0 Å². The molecule has 0 aromatic heterocycles. The first-order valence-corrected chi connectivity index (χ1v) is 8.86. The molecule has 21 heavy (non-hydrogen) atoms. The van der Waals surface area contributed by atoms with Gasteiger partial charge in [0.15, 0.2) is 0 Å². The molecule has 1 aliphatic heterocycles. The standard InChI is InChI=1S/C17H28N2O2/c1-11(17(20)19-5-7-21-8-6-19)18-16-10-12-9-15(16)14-4-2-3-13(12)14/h11-16,18H,2-10H2,1H3/t11-,12+,13-,14-,15-,16+/m0/s1. The number of carbonyl (C=O) groups is 1. The third kappa shape index (κ3) is 2.40. The fourth-order valence-corrected chi connectivity index (χ4v) is 5.71. The minimum atomic E-state index is -0.0349. The number of nitrogens with one attached hydrogen (secondary N) is 1. The summed E-state index contributed by atoms with van der Waals surface area (Å²) >= 11 is 0. The minimum Gasteiger partial charge on any atom is -0.378 e. The lowest BCUT2D eigenvalue weighted by Crippen LogP contribution is -2.53. The van der Waals surface area contributed by atoms with Gasteiger partial charge in [0.2, 0.25) is 5.91 Å². The van der Waals surface area contributed by atoms with Crippen LogP contribution in [0.15, 0.2) is 0 Å². The first-order valence-electron chi connectivity index (χ1n) is 8.86. The predicted molar refractivity (Wildman–Crippen MR) is 80.8 cm³/mol. The predicted octanol–water partition coefficient (Wildman–Crippen LogP) is 1.65. The van der Waals surface area contributed by atoms with E-state index in [2.05, 4.69) is 12.2 Å². The summed E-state index contributed by atoms with van der Waals surface area (Å²) in [6, 6.07) is 0.557. The van der Waals surface area contributed by atoms with Crippen LogP contribution in [0, 0.1) is 23.7 Å². The van der Waals surface area contributed by atoms with E-state index in [1.165, 1.54) is 32.1 Å². The highest BCUT2D eigenvalue weighted by molar-refractivity contribution is 5.81. The molecule has 4 heteroatoms. The van der Waals surface area contributed by atoms with E-state index in [0.717, 1.165) is 36.8 Å². The highest BCUT2D eigenvalue weighted by atomic mass is 16.5. The average molecular weight is 292 g/mol. The van der Waals surface area contributed by atoms with Gasteiger partial charge in [0.05, 0.1) is 19.3 Å². The van der Waals surface area contributed by atoms with Gasteiger partial charge in [0.25, 0.3) is 0 Å². The van der Waals surface area contributed by atoms with E-state index in [-0.39, 0.29) is 11.9 Å². The van der Waals surface area contributed by atoms with E-state index in [4.69, 9.17) is 4.74 Å². The van der Waals surface area contributed by atoms with Gasteiger partial charge in [-0.2, -0.15) is 0 Å². The molecule has 4 fully saturated rings. The molecule has 0 spiro atoms. The van der Waals surface area contributed by atoms with Gasteiger partial charge in [-0.1, -0.05) is 6.42 Å². The van der Waals surface area contributed by atoms with Gasteiger partial charge in [-0.3, -0.25) is 4.79 Å². The van der Waals surface area contributed by atoms with Gasteiger partial charge in [0, 0.05) is 19.1 Å². The van der Waals surface area contributed by atoms with E-state index >= 15 is 0 Å². The van der Waals surface area contributed by atoms with Crippen LogP contribution in [0.4, 0.5) is 0 Å². The number of hydrogen-bond acceptors (Lipinski definition) is 3. The Morgan fingerprint density at radius 1 is 1.14 bits per heavy atom. The molecule has 118 valence electrons. The molecule has 0 aromatic carbocycles. The molecule has 1 heterocycles. The second kappa shape index (κ2) is 5.54. The molecule has 0 aromatic rings. The highest BCUT2D eigenvalue weighted by Gasteiger charge is 2.53. The Morgan fingerprint density at radius 2 is 1.90 bits per heavy atom. The Morgan fingerprint density at radius 3 is 2.71 bits per heavy atom. The number of morpholine rings is 1. The van der Waals surface area contributed by atoms with Crippen molar-refractivity contribution in [2.24, 2.45) is 23.7 Å². The van der Waals surface area contributed by atoms with Gasteiger partial charge in [-0.05, 0) is 56.3 Å². The van der Waals surface area contributed by atoms with Crippen molar-refractivity contribution in [3.63, 3.8) is 0 Å². The quantitative estimate of drug-likeness (QED) is 0.860. The summed E-state index contributed by atoms with van der Waals surface area (Å²) in [5.41, 5.74) is 0. The topological polar surface area (TPSA) is 41.6 Å². The van der Waals surface area contributed by atoms with Crippen molar-refractivity contribution in [2.45, 2.75) is 51.1 Å². The molecule has 4 rings (SSSR count). The lowest BCUT2D eigenvalue weighted by molar-refractivity contribution is -0.137. The Labute approximate surface area is 127 Å². The molecule has 3 aliphatic carbocycles. The molecule has 1 saturated heterocycles. The number of carbonyl (C=O) groups excluding carboxylic acids is 1. The smallest absolute Gasteiger partial charge is 0.239 e. The number of hydrogen-bond donors (Lipinski definition) is 1. The van der Waals surface area contributed by atoms with E-state index < -0.39 is 0 Å². The van der Waals surface area contributed by atoms with Crippen LogP contribution >= 0.6 is 0 Å². The normalized spacial score (nSPS) is 43.1. The maximum Gasteiger partial charge on any atom is 0.239 e. The summed E-state index contributed by atoms with van der Waals surface area (Å²) in [7, 11) is 0. The molecule has 1 N–H and O–H groups in total. The first kappa shape index (κ1) is 14.0. The number of rotatable bonds is 3. The summed E-state index contributed by atoms with van der Waals surface area (Å²) in [6.45, 7) is 4.95. The zero-order chi connectivity index (χ0) is 14.4. The molecule has 1 amide bonds. The van der Waals surface area contributed by atoms with E-state index in [9.17, 15) is 4.79 Å². The lowest BCUT2D eigenvalue weighted by Gasteiger charge is -2.35. The van der Waals surface area contributed by atoms with E-state index in [0.29, 0.717) is 19.3 Å². The molecule has 6 atom stereocenters. The molecular formula is C17H28N2O2. The van der Waals surface area contributed by atoms with Crippen molar-refractivity contribution in [3.05, 3.63) is 0 Å². The van der Waals surface area contributed by atoms with Crippen molar-refractivity contribution in [3.8, 4) is 0 Å². The van der Waals surface area contributed by atoms with Gasteiger partial charge in [0.1, 0.15) is 0 Å². The van der Waals surface area contributed by atoms with Crippen LogP contribution in [-0.4, -0.2) is 49.2 Å². The second-order valence-electron chi connectivity index (χ2n) is 7.59. The maximum atomic E-state index is 12.5. The SMILES string of the molecule is C[C@H](N[C@@H]1C[C@H]2C[C@H]1[C@H]1CCC[C@@H]21)C(=O)N1CCOCC1. The Balaban J connectivity index is 1.35. The molecule has 2 bridgehead atoms. The average Bonchev–Trinajstić information content (AvgIpc) is 3.19. The zero-order valence-electron chi connectivity index (χ0n) is 13.1. The molecular weight excluding hydrogens is 264 g/mol. The molecule has 0 radical (unpaired) electrons. The van der Waals surface area contributed by atoms with Crippen LogP contribution in [0.25, 0.3) is 0 Å². The largest absolute Gasteiger partial charge is 0.378 e. The number of nitrogens with zero attached hydrogens (tertiary/aromatic N) is 1. The van der Waals surface area contributed by atoms with Crippen molar-refractivity contribution in [2.75, 3.05) is 26.3 Å². The molecule has 4 aliphatic rings. The van der Waals surface area contributed by atoms with Crippen molar-refractivity contribution in [1.82, 2.24) is 10.2 Å². The van der Waals surface area contributed by atoms with Crippen LogP contribution < -0.4 is 5.32 Å². The van der Waals surface area contributed by atoms with Crippen molar-refractivity contribution >= 4 is 5.91 Å². The summed E-state index contributed by atoms with van der Waals surface area (Å²) in [6.07, 6.45) is 7.09. The first-order chi connectivity index (χ1) is 10.2. The summed E-state index contributed by atoms with van der Waals surface area (Å²) in [4.78, 5) is 14.5. The fourth-order valence-electron chi connectivity index (χ4n) is 5.71. The van der Waals surface area contributed by atoms with Crippen LogP contribution in [0.2, 0.25) is 0 Å². The third-order valence-electron chi connectivity index (χ3n) is 6.59. The minimum absolute atomic E-state index is 0.0349. The zero-order valence-corrected chi connectivity index (χ0v) is 13.1. The Kier molecular flexibility index (Phi) is 3.70. The van der Waals surface area contributed by atoms with E-state index in [1.807, 2.05) is 4.90 Å². The monoisotopic (exact) mass is 292 g/mol. The summed E-state index contributed by atoms with van der Waals surface area (Å²) < 4.78 is 5.34. The van der Waals surface area contributed by atoms with Crippen molar-refractivity contribution in [1.29, 1.82) is 0 Å². The summed E-state index contributed by atoms with van der Waals surface area (Å²) in [5.74, 6) is 4.06. The molecule has 4 nitrogen and oxygen atoms in total. The van der Waals surface area contributed by atoms with Crippen LogP contribution in [-0.2, 0) is 9.53 Å².